The molecule has 0 aromatic carbocycles. The molecule has 3 aromatic heterocycles. The molecule has 0 atom stereocenters. The molecule has 164 valence electrons. The van der Waals surface area contributed by atoms with Crippen LogP contribution in [0.15, 0.2) is 17.1 Å². The maximum Gasteiger partial charge on any atom is 0.374 e. The van der Waals surface area contributed by atoms with E-state index >= 15 is 0 Å². The number of ether oxygens (including phenoxy) is 1. The fraction of sp³-hybridized carbons (Fsp3) is 0.400. The fourth-order valence-electron chi connectivity index (χ4n) is 3.07. The highest BCUT2D eigenvalue weighted by Crippen LogP contribution is 2.29. The van der Waals surface area contributed by atoms with Crippen LogP contribution < -0.4 is 15.6 Å². The number of aryl methyl sites for hydroxylation is 2. The zero-order valence-electron chi connectivity index (χ0n) is 17.6. The summed E-state index contributed by atoms with van der Waals surface area (Å²) in [4.78, 5) is 46.6. The van der Waals surface area contributed by atoms with Crippen LogP contribution >= 0.6 is 0 Å². The largest absolute Gasteiger partial charge is 0.477 e. The normalized spacial score (nSPS) is 10.9. The van der Waals surface area contributed by atoms with Crippen molar-refractivity contribution >= 4 is 28.5 Å². The number of ketones is 1. The number of rotatable bonds is 10. The maximum atomic E-state index is 12.8. The molecule has 3 N–H and O–H groups in total. The number of hydrogen-bond acceptors (Lipinski definition) is 8. The van der Waals surface area contributed by atoms with Gasteiger partial charge in [-0.15, -0.1) is 0 Å². The number of carbonyl (C=O) groups is 2. The number of aliphatic carboxylic acids is 1. The van der Waals surface area contributed by atoms with Gasteiger partial charge < -0.3 is 20.1 Å². The summed E-state index contributed by atoms with van der Waals surface area (Å²) in [7, 11) is 1.69. The van der Waals surface area contributed by atoms with E-state index in [9.17, 15) is 14.4 Å². The topological polar surface area (TPSA) is 152 Å². The molecule has 0 amide bonds. The highest BCUT2D eigenvalue weighted by Gasteiger charge is 2.19. The first-order valence-electron chi connectivity index (χ1n) is 9.94. The monoisotopic (exact) mass is 428 g/mol. The van der Waals surface area contributed by atoms with E-state index in [1.54, 1.807) is 13.1 Å². The molecule has 31 heavy (non-hydrogen) atoms. The average Bonchev–Trinajstić information content (AvgIpc) is 3.06. The molecule has 11 nitrogen and oxygen atoms in total. The quantitative estimate of drug-likeness (QED) is 0.408. The summed E-state index contributed by atoms with van der Waals surface area (Å²) in [6.45, 7) is 3.97. The second-order valence-corrected chi connectivity index (χ2v) is 6.94. The van der Waals surface area contributed by atoms with Gasteiger partial charge in [-0.2, -0.15) is 5.10 Å². The van der Waals surface area contributed by atoms with Crippen LogP contribution in [0.5, 0.6) is 5.88 Å². The molecule has 0 saturated carbocycles. The summed E-state index contributed by atoms with van der Waals surface area (Å²) in [6.07, 6.45) is 3.69. The van der Waals surface area contributed by atoms with Gasteiger partial charge in [0.25, 0.3) is 11.3 Å². The third kappa shape index (κ3) is 4.71. The summed E-state index contributed by atoms with van der Waals surface area (Å²) >= 11 is 0. The number of H-pyrrole nitrogens is 1. The van der Waals surface area contributed by atoms with Gasteiger partial charge in [0.05, 0.1) is 36.3 Å². The zero-order valence-corrected chi connectivity index (χ0v) is 17.6. The van der Waals surface area contributed by atoms with Gasteiger partial charge in [0.15, 0.2) is 5.52 Å². The van der Waals surface area contributed by atoms with Crippen molar-refractivity contribution < 1.29 is 19.4 Å². The lowest BCUT2D eigenvalue weighted by molar-refractivity contribution is -0.148. The molecule has 0 saturated heterocycles. The lowest BCUT2D eigenvalue weighted by atomic mass is 10.2. The molecule has 3 rings (SSSR count). The minimum Gasteiger partial charge on any atom is -0.477 e. The Bertz CT molecular complexity index is 1180. The summed E-state index contributed by atoms with van der Waals surface area (Å²) in [5.74, 6) is -2.00. The van der Waals surface area contributed by atoms with Crippen LogP contribution in [0, 0.1) is 0 Å². The van der Waals surface area contributed by atoms with Crippen LogP contribution in [0.3, 0.4) is 0 Å². The Hall–Kier alpha value is -3.76. The van der Waals surface area contributed by atoms with Gasteiger partial charge in [-0.25, -0.2) is 14.8 Å². The van der Waals surface area contributed by atoms with Gasteiger partial charge in [-0.1, -0.05) is 20.3 Å². The molecule has 11 heteroatoms. The number of hydrogen-bond donors (Lipinski definition) is 3. The van der Waals surface area contributed by atoms with E-state index in [2.05, 4.69) is 25.4 Å². The number of aromatic amines is 1. The summed E-state index contributed by atoms with van der Waals surface area (Å²) in [5.41, 5.74) is 2.04. The number of Topliss-reactive ketones (excluding diaryl/α,β-unsaturated/α-hetero) is 1. The molecule has 0 fully saturated rings. The molecule has 0 aliphatic heterocycles. The predicted octanol–water partition coefficient (Wildman–Crippen LogP) is 1.53. The number of nitrogens with one attached hydrogen (secondary N) is 2. The highest BCUT2D eigenvalue weighted by molar-refractivity contribution is 6.34. The molecule has 0 unspecified atom stereocenters. The first kappa shape index (κ1) is 21.9. The van der Waals surface area contributed by atoms with Gasteiger partial charge in [0, 0.05) is 7.05 Å². The lowest BCUT2D eigenvalue weighted by Crippen LogP contribution is -2.22. The second kappa shape index (κ2) is 9.37. The Morgan fingerprint density at radius 3 is 2.74 bits per heavy atom. The average molecular weight is 428 g/mol. The molecular formula is C20H24N6O5. The molecule has 3 aromatic rings. The maximum absolute atomic E-state index is 12.8. The van der Waals surface area contributed by atoms with E-state index in [-0.39, 0.29) is 17.3 Å². The number of nitrogens with zero attached hydrogens (tertiary/aromatic N) is 4. The van der Waals surface area contributed by atoms with Crippen LogP contribution in [-0.4, -0.2) is 54.7 Å². The van der Waals surface area contributed by atoms with Crippen LogP contribution in [0.1, 0.15) is 32.4 Å². The molecule has 0 aliphatic rings. The SMILES string of the molecule is CCCOc1ncc(NCC(=O)C(=O)O)cc1-c1nc2c(CCC)nn(C)c2c(=O)[nH]1. The van der Waals surface area contributed by atoms with Crippen molar-refractivity contribution in [1.29, 1.82) is 0 Å². The van der Waals surface area contributed by atoms with Gasteiger partial charge in [0.1, 0.15) is 11.3 Å². The first-order valence-corrected chi connectivity index (χ1v) is 9.94. The molecule has 0 radical (unpaired) electrons. The molecule has 0 spiro atoms. The Morgan fingerprint density at radius 2 is 2.06 bits per heavy atom. The van der Waals surface area contributed by atoms with Crippen molar-refractivity contribution in [3.05, 3.63) is 28.3 Å². The van der Waals surface area contributed by atoms with E-state index in [0.717, 1.165) is 18.5 Å². The van der Waals surface area contributed by atoms with Crippen LogP contribution in [0.25, 0.3) is 22.4 Å². The van der Waals surface area contributed by atoms with Crippen LogP contribution in [-0.2, 0) is 23.1 Å². The van der Waals surface area contributed by atoms with Gasteiger partial charge >= 0.3 is 5.97 Å². The Balaban J connectivity index is 2.09. The van der Waals surface area contributed by atoms with E-state index in [1.165, 1.54) is 10.9 Å². The molecule has 0 bridgehead atoms. The Labute approximate surface area is 177 Å². The lowest BCUT2D eigenvalue weighted by Gasteiger charge is -2.12. The number of pyridine rings is 1. The standard InChI is InChI=1S/C20H24N6O5/c1-4-6-13-15-16(26(3)25-13)18(28)24-17(23-15)12-8-11(21-10-14(27)20(29)30)9-22-19(12)31-7-5-2/h8-9,21H,4-7,10H2,1-3H3,(H,29,30)(H,23,24,28). The van der Waals surface area contributed by atoms with Crippen LogP contribution in [0.2, 0.25) is 0 Å². The summed E-state index contributed by atoms with van der Waals surface area (Å²) in [6, 6.07) is 1.60. The van der Waals surface area contributed by atoms with Crippen molar-refractivity contribution in [2.75, 3.05) is 18.5 Å². The van der Waals surface area contributed by atoms with Crippen molar-refractivity contribution in [3.8, 4) is 17.3 Å². The van der Waals surface area contributed by atoms with Crippen molar-refractivity contribution in [2.24, 2.45) is 7.05 Å². The van der Waals surface area contributed by atoms with Crippen molar-refractivity contribution in [2.45, 2.75) is 33.1 Å². The zero-order chi connectivity index (χ0) is 22.5. The summed E-state index contributed by atoms with van der Waals surface area (Å²) in [5, 5.41) is 15.9. The Kier molecular flexibility index (Phi) is 6.63. The van der Waals surface area contributed by atoms with Gasteiger partial charge in [-0.3, -0.25) is 14.3 Å². The van der Waals surface area contributed by atoms with Crippen LogP contribution in [0.4, 0.5) is 5.69 Å². The second-order valence-electron chi connectivity index (χ2n) is 6.94. The van der Waals surface area contributed by atoms with Gasteiger partial charge in [-0.05, 0) is 18.9 Å². The fourth-order valence-corrected chi connectivity index (χ4v) is 3.07. The molecule has 0 aliphatic carbocycles. The number of fused-ring (bicyclic) bond motifs is 1. The Morgan fingerprint density at radius 1 is 1.29 bits per heavy atom. The predicted molar refractivity (Wildman–Crippen MR) is 113 cm³/mol. The molecule has 3 heterocycles. The first-order chi connectivity index (χ1) is 14.8. The van der Waals surface area contributed by atoms with Crippen molar-refractivity contribution in [1.82, 2.24) is 24.7 Å². The number of carbonyl (C=O) groups excluding carboxylic acids is 1. The van der Waals surface area contributed by atoms with E-state index in [0.29, 0.717) is 35.3 Å². The van der Waals surface area contributed by atoms with E-state index in [4.69, 9.17) is 9.84 Å². The minimum absolute atomic E-state index is 0.245. The number of carboxylic acid groups (broad SMARTS) is 1. The number of carboxylic acids is 1. The van der Waals surface area contributed by atoms with E-state index in [1.807, 2.05) is 13.8 Å². The molecular weight excluding hydrogens is 404 g/mol. The third-order valence-corrected chi connectivity index (χ3v) is 4.49. The highest BCUT2D eigenvalue weighted by atomic mass is 16.5. The van der Waals surface area contributed by atoms with Gasteiger partial charge in [0.2, 0.25) is 5.88 Å². The summed E-state index contributed by atoms with van der Waals surface area (Å²) < 4.78 is 7.22. The number of aromatic nitrogens is 5. The minimum atomic E-state index is -1.53. The smallest absolute Gasteiger partial charge is 0.374 e. The van der Waals surface area contributed by atoms with E-state index < -0.39 is 18.3 Å². The number of anilines is 1. The third-order valence-electron chi connectivity index (χ3n) is 4.49. The van der Waals surface area contributed by atoms with Crippen molar-refractivity contribution in [3.63, 3.8) is 0 Å².